The number of nitrogens with two attached hydrogens (primary N) is 1. The Morgan fingerprint density at radius 3 is 2.55 bits per heavy atom. The zero-order valence-corrected chi connectivity index (χ0v) is 11.2. The molecule has 1 saturated carbocycles. The number of rotatable bonds is 4. The number of non-ortho nitro benzene ring substituents is 1. The van der Waals surface area contributed by atoms with Crippen LogP contribution in [0.5, 0.6) is 0 Å². The second-order valence-corrected chi connectivity index (χ2v) is 5.22. The molecule has 1 aromatic carbocycles. The molecular formula is C14H19N3O3. The van der Waals surface area contributed by atoms with Crippen LogP contribution in [-0.4, -0.2) is 22.9 Å². The molecule has 3 N–H and O–H groups in total. The van der Waals surface area contributed by atoms with E-state index >= 15 is 0 Å². The van der Waals surface area contributed by atoms with Crippen LogP contribution in [0.25, 0.3) is 0 Å². The fourth-order valence-corrected chi connectivity index (χ4v) is 2.52. The zero-order valence-electron chi connectivity index (χ0n) is 11.2. The number of carbonyl (C=O) groups excluding carboxylic acids is 1. The number of carbonyl (C=O) groups is 1. The lowest BCUT2D eigenvalue weighted by molar-refractivity contribution is -0.384. The summed E-state index contributed by atoms with van der Waals surface area (Å²) in [5.41, 5.74) is 6.78. The molecule has 1 aliphatic carbocycles. The first-order chi connectivity index (χ1) is 9.56. The highest BCUT2D eigenvalue weighted by atomic mass is 16.6. The van der Waals surface area contributed by atoms with Crippen LogP contribution < -0.4 is 11.1 Å². The normalized spacial score (nSPS) is 22.2. The van der Waals surface area contributed by atoms with Gasteiger partial charge in [-0.25, -0.2) is 0 Å². The van der Waals surface area contributed by atoms with Crippen LogP contribution in [0.15, 0.2) is 24.3 Å². The van der Waals surface area contributed by atoms with Crippen molar-refractivity contribution in [3.63, 3.8) is 0 Å². The average Bonchev–Trinajstić information content (AvgIpc) is 2.42. The van der Waals surface area contributed by atoms with E-state index in [9.17, 15) is 14.9 Å². The molecule has 1 aliphatic rings. The third-order valence-corrected chi connectivity index (χ3v) is 3.68. The molecule has 6 heteroatoms. The molecule has 0 bridgehead atoms. The van der Waals surface area contributed by atoms with Crippen LogP contribution in [-0.2, 0) is 11.2 Å². The van der Waals surface area contributed by atoms with Gasteiger partial charge in [-0.15, -0.1) is 0 Å². The molecule has 1 amide bonds. The fraction of sp³-hybridized carbons (Fsp3) is 0.500. The highest BCUT2D eigenvalue weighted by Crippen LogP contribution is 2.17. The lowest BCUT2D eigenvalue weighted by Gasteiger charge is -2.29. The molecule has 6 nitrogen and oxygen atoms in total. The topological polar surface area (TPSA) is 98.3 Å². The van der Waals surface area contributed by atoms with Crippen LogP contribution in [0.3, 0.4) is 0 Å². The summed E-state index contributed by atoms with van der Waals surface area (Å²) in [5.74, 6) is -0.0822. The zero-order chi connectivity index (χ0) is 14.5. The van der Waals surface area contributed by atoms with Crippen LogP contribution in [0.2, 0.25) is 0 Å². The standard InChI is InChI=1S/C14H19N3O3/c15-12-3-1-2-4-13(12)16-14(18)9-10-5-7-11(8-6-10)17(19)20/h5-8,12-13H,1-4,9,15H2,(H,16,18)/t12-,13-/m1/s1. The number of nitrogens with one attached hydrogen (secondary N) is 1. The van der Waals surface area contributed by atoms with E-state index in [-0.39, 0.29) is 30.1 Å². The Balaban J connectivity index is 1.89. The monoisotopic (exact) mass is 277 g/mol. The molecule has 0 aromatic heterocycles. The van der Waals surface area contributed by atoms with Gasteiger partial charge in [0.2, 0.25) is 5.91 Å². The molecule has 0 radical (unpaired) electrons. The van der Waals surface area contributed by atoms with Gasteiger partial charge in [-0.05, 0) is 18.4 Å². The lowest BCUT2D eigenvalue weighted by Crippen LogP contribution is -2.49. The first-order valence-electron chi connectivity index (χ1n) is 6.84. The Hall–Kier alpha value is -1.95. The second kappa shape index (κ2) is 6.47. The van der Waals surface area contributed by atoms with Crippen molar-refractivity contribution in [2.75, 3.05) is 0 Å². The summed E-state index contributed by atoms with van der Waals surface area (Å²) in [6, 6.07) is 6.12. The number of benzene rings is 1. The number of nitrogens with zero attached hydrogens (tertiary/aromatic N) is 1. The van der Waals surface area contributed by atoms with E-state index in [1.54, 1.807) is 12.1 Å². The van der Waals surface area contributed by atoms with Crippen molar-refractivity contribution in [2.45, 2.75) is 44.2 Å². The summed E-state index contributed by atoms with van der Waals surface area (Å²) < 4.78 is 0. The molecule has 1 aromatic rings. The van der Waals surface area contributed by atoms with Crippen molar-refractivity contribution in [1.29, 1.82) is 0 Å². The maximum absolute atomic E-state index is 11.9. The number of nitro benzene ring substituents is 1. The van der Waals surface area contributed by atoms with E-state index in [2.05, 4.69) is 5.32 Å². The Morgan fingerprint density at radius 1 is 1.30 bits per heavy atom. The third-order valence-electron chi connectivity index (χ3n) is 3.68. The molecule has 0 saturated heterocycles. The van der Waals surface area contributed by atoms with Gasteiger partial charge in [0.1, 0.15) is 0 Å². The van der Waals surface area contributed by atoms with Crippen LogP contribution in [0.4, 0.5) is 5.69 Å². The molecular weight excluding hydrogens is 258 g/mol. The minimum atomic E-state index is -0.453. The van der Waals surface area contributed by atoms with Gasteiger partial charge in [0.15, 0.2) is 0 Å². The maximum Gasteiger partial charge on any atom is 0.269 e. The summed E-state index contributed by atoms with van der Waals surface area (Å²) in [6.07, 6.45) is 4.31. The molecule has 2 atom stereocenters. The Kier molecular flexibility index (Phi) is 4.68. The minimum Gasteiger partial charge on any atom is -0.352 e. The number of hydrogen-bond acceptors (Lipinski definition) is 4. The molecule has 1 fully saturated rings. The fourth-order valence-electron chi connectivity index (χ4n) is 2.52. The highest BCUT2D eigenvalue weighted by Gasteiger charge is 2.23. The minimum absolute atomic E-state index is 0.0310. The first-order valence-corrected chi connectivity index (χ1v) is 6.84. The molecule has 0 spiro atoms. The van der Waals surface area contributed by atoms with Crippen molar-refractivity contribution in [1.82, 2.24) is 5.32 Å². The largest absolute Gasteiger partial charge is 0.352 e. The van der Waals surface area contributed by atoms with Crippen molar-refractivity contribution >= 4 is 11.6 Å². The maximum atomic E-state index is 11.9. The Labute approximate surface area is 117 Å². The van der Waals surface area contributed by atoms with Gasteiger partial charge in [0.25, 0.3) is 5.69 Å². The molecule has 108 valence electrons. The summed E-state index contributed by atoms with van der Waals surface area (Å²) >= 11 is 0. The lowest BCUT2D eigenvalue weighted by atomic mass is 9.91. The molecule has 0 aliphatic heterocycles. The quantitative estimate of drug-likeness (QED) is 0.644. The van der Waals surface area contributed by atoms with Crippen molar-refractivity contribution in [2.24, 2.45) is 5.73 Å². The highest BCUT2D eigenvalue weighted by molar-refractivity contribution is 5.79. The van der Waals surface area contributed by atoms with Crippen LogP contribution in [0, 0.1) is 10.1 Å². The van der Waals surface area contributed by atoms with Gasteiger partial charge < -0.3 is 11.1 Å². The van der Waals surface area contributed by atoms with Crippen molar-refractivity contribution < 1.29 is 9.72 Å². The molecule has 0 heterocycles. The van der Waals surface area contributed by atoms with Crippen molar-refractivity contribution in [3.05, 3.63) is 39.9 Å². The van der Waals surface area contributed by atoms with Gasteiger partial charge in [-0.3, -0.25) is 14.9 Å². The van der Waals surface area contributed by atoms with E-state index in [4.69, 9.17) is 5.73 Å². The van der Waals surface area contributed by atoms with Crippen molar-refractivity contribution in [3.8, 4) is 0 Å². The second-order valence-electron chi connectivity index (χ2n) is 5.22. The van der Waals surface area contributed by atoms with Gasteiger partial charge in [-0.1, -0.05) is 25.0 Å². The SMILES string of the molecule is N[C@@H]1CCCC[C@H]1NC(=O)Cc1ccc([N+](=O)[O-])cc1. The first kappa shape index (κ1) is 14.5. The smallest absolute Gasteiger partial charge is 0.269 e. The van der Waals surface area contributed by atoms with Crippen LogP contribution in [0.1, 0.15) is 31.2 Å². The predicted molar refractivity (Wildman–Crippen MR) is 75.2 cm³/mol. The summed E-state index contributed by atoms with van der Waals surface area (Å²) in [5, 5.41) is 13.5. The molecule has 20 heavy (non-hydrogen) atoms. The molecule has 0 unspecified atom stereocenters. The number of hydrogen-bond donors (Lipinski definition) is 2. The van der Waals surface area contributed by atoms with E-state index in [0.717, 1.165) is 31.2 Å². The molecule has 2 rings (SSSR count). The predicted octanol–water partition coefficient (Wildman–Crippen LogP) is 1.52. The summed E-state index contributed by atoms with van der Waals surface area (Å²) in [4.78, 5) is 22.0. The van der Waals surface area contributed by atoms with E-state index < -0.39 is 4.92 Å². The van der Waals surface area contributed by atoms with Gasteiger partial charge in [0, 0.05) is 24.2 Å². The average molecular weight is 277 g/mol. The Bertz CT molecular complexity index is 487. The summed E-state index contributed by atoms with van der Waals surface area (Å²) in [6.45, 7) is 0. The number of amides is 1. The van der Waals surface area contributed by atoms with E-state index in [0.29, 0.717) is 0 Å². The van der Waals surface area contributed by atoms with E-state index in [1.807, 2.05) is 0 Å². The van der Waals surface area contributed by atoms with Gasteiger partial charge >= 0.3 is 0 Å². The summed E-state index contributed by atoms with van der Waals surface area (Å²) in [7, 11) is 0. The number of nitro groups is 1. The third kappa shape index (κ3) is 3.77. The van der Waals surface area contributed by atoms with Gasteiger partial charge in [0.05, 0.1) is 11.3 Å². The van der Waals surface area contributed by atoms with Crippen LogP contribution >= 0.6 is 0 Å². The van der Waals surface area contributed by atoms with Gasteiger partial charge in [-0.2, -0.15) is 0 Å². The van der Waals surface area contributed by atoms with E-state index in [1.165, 1.54) is 12.1 Å². The Morgan fingerprint density at radius 2 is 1.95 bits per heavy atom.